The van der Waals surface area contributed by atoms with Gasteiger partial charge in [0, 0.05) is 11.8 Å². The zero-order valence-electron chi connectivity index (χ0n) is 10.7. The molecule has 0 aliphatic carbocycles. The van der Waals surface area contributed by atoms with Gasteiger partial charge in [-0.3, -0.25) is 4.98 Å². The molecule has 1 aromatic heterocycles. The molecule has 21 heavy (non-hydrogen) atoms. The van der Waals surface area contributed by atoms with Crippen molar-refractivity contribution in [2.45, 2.75) is 6.18 Å². The molecule has 0 fully saturated rings. The second kappa shape index (κ2) is 5.73. The van der Waals surface area contributed by atoms with Crippen LogP contribution in [-0.4, -0.2) is 18.1 Å². The maximum absolute atomic E-state index is 12.7. The summed E-state index contributed by atoms with van der Waals surface area (Å²) >= 11 is 5.82. The molecular formula is C14H9ClF3NO2. The number of nitrogens with zero attached hydrogens (tertiary/aromatic N) is 1. The van der Waals surface area contributed by atoms with E-state index in [1.165, 1.54) is 31.5 Å². The van der Waals surface area contributed by atoms with E-state index in [4.69, 9.17) is 11.6 Å². The first-order valence-corrected chi connectivity index (χ1v) is 6.12. The minimum absolute atomic E-state index is 0.0431. The van der Waals surface area contributed by atoms with Crippen LogP contribution in [0.2, 0.25) is 5.02 Å². The number of halogens is 4. The predicted octanol–water partition coefficient (Wildman–Crippen LogP) is 4.21. The minimum Gasteiger partial charge on any atom is -0.465 e. The summed E-state index contributed by atoms with van der Waals surface area (Å²) in [6.07, 6.45) is -3.25. The molecule has 0 spiro atoms. The van der Waals surface area contributed by atoms with E-state index in [0.717, 1.165) is 12.1 Å². The summed E-state index contributed by atoms with van der Waals surface area (Å²) in [4.78, 5) is 15.5. The van der Waals surface area contributed by atoms with Gasteiger partial charge in [0.2, 0.25) is 0 Å². The van der Waals surface area contributed by atoms with Gasteiger partial charge in [0.25, 0.3) is 0 Å². The van der Waals surface area contributed by atoms with Gasteiger partial charge >= 0.3 is 12.1 Å². The summed E-state index contributed by atoms with van der Waals surface area (Å²) in [5.41, 5.74) is -0.324. The molecule has 0 aliphatic heterocycles. The van der Waals surface area contributed by atoms with E-state index in [1.807, 2.05) is 0 Å². The van der Waals surface area contributed by atoms with E-state index >= 15 is 0 Å². The Kier molecular flexibility index (Phi) is 4.18. The Morgan fingerprint density at radius 1 is 1.29 bits per heavy atom. The number of hydrogen-bond acceptors (Lipinski definition) is 3. The molecule has 0 saturated carbocycles. The van der Waals surface area contributed by atoms with Crippen molar-refractivity contribution in [2.24, 2.45) is 0 Å². The molecule has 0 aliphatic rings. The Morgan fingerprint density at radius 3 is 2.62 bits per heavy atom. The lowest BCUT2D eigenvalue weighted by Gasteiger charge is -2.09. The molecule has 0 atom stereocenters. The molecule has 110 valence electrons. The first-order valence-electron chi connectivity index (χ1n) is 5.74. The lowest BCUT2D eigenvalue weighted by molar-refractivity contribution is -0.137. The van der Waals surface area contributed by atoms with Crippen molar-refractivity contribution in [2.75, 3.05) is 7.11 Å². The van der Waals surface area contributed by atoms with Crippen LogP contribution in [0.1, 0.15) is 15.9 Å². The number of carbonyl (C=O) groups excluding carboxylic acids is 1. The Labute approximate surface area is 123 Å². The number of methoxy groups -OCH3 is 1. The van der Waals surface area contributed by atoms with E-state index in [9.17, 15) is 18.0 Å². The third kappa shape index (κ3) is 3.33. The van der Waals surface area contributed by atoms with Crippen LogP contribution < -0.4 is 0 Å². The highest BCUT2D eigenvalue weighted by Gasteiger charge is 2.30. The van der Waals surface area contributed by atoms with Crippen LogP contribution in [0.3, 0.4) is 0 Å². The third-order valence-corrected chi connectivity index (χ3v) is 3.05. The summed E-state index contributed by atoms with van der Waals surface area (Å²) in [6, 6.07) is 5.94. The Balaban J connectivity index is 2.50. The lowest BCUT2D eigenvalue weighted by Crippen LogP contribution is -2.05. The zero-order valence-corrected chi connectivity index (χ0v) is 11.5. The largest absolute Gasteiger partial charge is 0.465 e. The highest BCUT2D eigenvalue weighted by Crippen LogP contribution is 2.32. The van der Waals surface area contributed by atoms with E-state index in [0.29, 0.717) is 0 Å². The Hall–Kier alpha value is -2.08. The van der Waals surface area contributed by atoms with Crippen molar-refractivity contribution >= 4 is 17.6 Å². The van der Waals surface area contributed by atoms with Crippen LogP contribution >= 0.6 is 11.6 Å². The molecule has 0 radical (unpaired) electrons. The number of pyridine rings is 1. The molecular weight excluding hydrogens is 307 g/mol. The smallest absolute Gasteiger partial charge is 0.416 e. The summed E-state index contributed by atoms with van der Waals surface area (Å²) in [6.45, 7) is 0. The third-order valence-electron chi connectivity index (χ3n) is 2.75. The van der Waals surface area contributed by atoms with Crippen LogP contribution in [0.5, 0.6) is 0 Å². The molecule has 0 saturated heterocycles. The van der Waals surface area contributed by atoms with E-state index < -0.39 is 17.7 Å². The molecule has 1 heterocycles. The van der Waals surface area contributed by atoms with Crippen molar-refractivity contribution in [3.05, 3.63) is 52.7 Å². The predicted molar refractivity (Wildman–Crippen MR) is 71.0 cm³/mol. The molecule has 1 aromatic carbocycles. The van der Waals surface area contributed by atoms with Crippen LogP contribution in [-0.2, 0) is 10.9 Å². The molecule has 0 unspecified atom stereocenters. The first kappa shape index (κ1) is 15.3. The van der Waals surface area contributed by atoms with Gasteiger partial charge in [-0.05, 0) is 18.2 Å². The fourth-order valence-electron chi connectivity index (χ4n) is 1.72. The zero-order chi connectivity index (χ0) is 15.6. The first-order chi connectivity index (χ1) is 9.82. The summed E-state index contributed by atoms with van der Waals surface area (Å²) < 4.78 is 42.6. The van der Waals surface area contributed by atoms with Crippen LogP contribution in [0, 0.1) is 0 Å². The van der Waals surface area contributed by atoms with Gasteiger partial charge in [-0.15, -0.1) is 0 Å². The van der Waals surface area contributed by atoms with Crippen LogP contribution in [0.25, 0.3) is 11.3 Å². The van der Waals surface area contributed by atoms with Gasteiger partial charge < -0.3 is 4.74 Å². The number of hydrogen-bond donors (Lipinski definition) is 0. The van der Waals surface area contributed by atoms with Crippen LogP contribution in [0.15, 0.2) is 36.5 Å². The second-order valence-corrected chi connectivity index (χ2v) is 4.53. The standard InChI is InChI=1S/C14H9ClF3NO2/c1-21-13(20)10-6-12(19-7-11(10)15)8-3-2-4-9(5-8)14(16,17)18/h2-7H,1H3. The quantitative estimate of drug-likeness (QED) is 0.779. The van der Waals surface area contributed by atoms with E-state index in [2.05, 4.69) is 9.72 Å². The summed E-state index contributed by atoms with van der Waals surface area (Å²) in [5, 5.41) is 0.0672. The normalized spacial score (nSPS) is 11.3. The number of aromatic nitrogens is 1. The second-order valence-electron chi connectivity index (χ2n) is 4.12. The lowest BCUT2D eigenvalue weighted by atomic mass is 10.1. The van der Waals surface area contributed by atoms with Crippen molar-refractivity contribution in [3.8, 4) is 11.3 Å². The number of rotatable bonds is 2. The topological polar surface area (TPSA) is 39.2 Å². The van der Waals surface area contributed by atoms with Crippen LogP contribution in [0.4, 0.5) is 13.2 Å². The highest BCUT2D eigenvalue weighted by molar-refractivity contribution is 6.33. The van der Waals surface area contributed by atoms with E-state index in [1.54, 1.807) is 0 Å². The number of carbonyl (C=O) groups is 1. The highest BCUT2D eigenvalue weighted by atomic mass is 35.5. The summed E-state index contributed by atoms with van der Waals surface area (Å²) in [7, 11) is 1.18. The molecule has 3 nitrogen and oxygen atoms in total. The van der Waals surface area contributed by atoms with Gasteiger partial charge in [0.05, 0.1) is 29.0 Å². The fraction of sp³-hybridized carbons (Fsp3) is 0.143. The van der Waals surface area contributed by atoms with Crippen molar-refractivity contribution < 1.29 is 22.7 Å². The van der Waals surface area contributed by atoms with Gasteiger partial charge in [0.1, 0.15) is 0 Å². The number of alkyl halides is 3. The average molecular weight is 316 g/mol. The number of esters is 1. The maximum atomic E-state index is 12.7. The van der Waals surface area contributed by atoms with Gasteiger partial charge in [0.15, 0.2) is 0 Å². The molecule has 2 rings (SSSR count). The molecule has 0 amide bonds. The Bertz CT molecular complexity index is 686. The SMILES string of the molecule is COC(=O)c1cc(-c2cccc(C(F)(F)F)c2)ncc1Cl. The van der Waals surface area contributed by atoms with Gasteiger partial charge in [-0.25, -0.2) is 4.79 Å². The molecule has 2 aromatic rings. The minimum atomic E-state index is -4.45. The molecule has 0 N–H and O–H groups in total. The number of ether oxygens (including phenoxy) is 1. The van der Waals surface area contributed by atoms with Crippen molar-refractivity contribution in [3.63, 3.8) is 0 Å². The van der Waals surface area contributed by atoms with Gasteiger partial charge in [-0.2, -0.15) is 13.2 Å². The fourth-order valence-corrected chi connectivity index (χ4v) is 1.90. The summed E-state index contributed by atoms with van der Waals surface area (Å²) in [5.74, 6) is -0.685. The van der Waals surface area contributed by atoms with Crippen molar-refractivity contribution in [1.82, 2.24) is 4.98 Å². The number of benzene rings is 1. The maximum Gasteiger partial charge on any atom is 0.416 e. The average Bonchev–Trinajstić information content (AvgIpc) is 2.46. The molecule has 7 heteroatoms. The Morgan fingerprint density at radius 2 is 2.00 bits per heavy atom. The van der Waals surface area contributed by atoms with Gasteiger partial charge in [-0.1, -0.05) is 23.7 Å². The van der Waals surface area contributed by atoms with E-state index in [-0.39, 0.29) is 21.8 Å². The monoisotopic (exact) mass is 315 g/mol. The van der Waals surface area contributed by atoms with Crippen molar-refractivity contribution in [1.29, 1.82) is 0 Å². The molecule has 0 bridgehead atoms.